The Morgan fingerprint density at radius 1 is 1.21 bits per heavy atom. The van der Waals surface area contributed by atoms with Crippen molar-refractivity contribution < 1.29 is 27.0 Å². The minimum atomic E-state index is -2.82. The number of ether oxygens (including phenoxy) is 2. The molecule has 4 aromatic rings. The number of nitriles is 1. The molecule has 2 N–H and O–H groups in total. The second kappa shape index (κ2) is 11.5. The lowest BCUT2D eigenvalue weighted by Gasteiger charge is -2.30. The molecule has 0 saturated carbocycles. The molecule has 0 aliphatic carbocycles. The molecule has 14 heteroatoms. The lowest BCUT2D eigenvalue weighted by Crippen LogP contribution is -2.45. The van der Waals surface area contributed by atoms with E-state index in [1.54, 1.807) is 0 Å². The summed E-state index contributed by atoms with van der Waals surface area (Å²) in [7, 11) is 3.79. The maximum Gasteiger partial charge on any atom is 0.319 e. The first kappa shape index (κ1) is 29.5. The normalized spacial score (nSPS) is 18.9. The maximum atomic E-state index is 16.9. The van der Waals surface area contributed by atoms with Gasteiger partial charge in [-0.2, -0.15) is 15.2 Å². The zero-order chi connectivity index (χ0) is 30.6. The third kappa shape index (κ3) is 5.05. The number of hydrogen-bond acceptors (Lipinski definition) is 9. The lowest BCUT2D eigenvalue weighted by atomic mass is 9.96. The van der Waals surface area contributed by atoms with E-state index in [0.717, 1.165) is 30.2 Å². The molecule has 226 valence electrons. The number of thiophene rings is 1. The van der Waals surface area contributed by atoms with Crippen molar-refractivity contribution in [2.45, 2.75) is 44.3 Å². The molecule has 0 saturated heterocycles. The third-order valence-electron chi connectivity index (χ3n) is 7.77. The monoisotopic (exact) mass is 634 g/mol. The Morgan fingerprint density at radius 3 is 2.72 bits per heavy atom. The highest BCUT2D eigenvalue weighted by atomic mass is 35.5. The first-order chi connectivity index (χ1) is 20.6. The summed E-state index contributed by atoms with van der Waals surface area (Å²) < 4.78 is 72.9. The summed E-state index contributed by atoms with van der Waals surface area (Å²) in [6, 6.07) is 2.82. The fraction of sp³-hybridized carbons (Fsp3) is 0.414. The van der Waals surface area contributed by atoms with E-state index in [9.17, 15) is 18.4 Å². The Kier molecular flexibility index (Phi) is 7.87. The molecular formula is C29H27ClF4N6O2S. The van der Waals surface area contributed by atoms with Gasteiger partial charge in [0, 0.05) is 24.0 Å². The minimum absolute atomic E-state index is 0.0295. The average molecular weight is 635 g/mol. The summed E-state index contributed by atoms with van der Waals surface area (Å²) >= 11 is 7.71. The fourth-order valence-corrected chi connectivity index (χ4v) is 7.13. The van der Waals surface area contributed by atoms with Gasteiger partial charge in [-0.25, -0.2) is 17.6 Å². The number of alkyl halides is 2. The molecular weight excluding hydrogens is 608 g/mol. The molecule has 4 heterocycles. The SMILES string of the molecule is CN(C)CC1CCCCCN2c3nc(nc4c(F)c(-c5ccc(F)c6sc(N)c(C#N)c56)c(Cl)c(c34)OC[C@@H]2C(F)F)O1. The highest BCUT2D eigenvalue weighted by Crippen LogP contribution is 2.51. The molecule has 2 atom stereocenters. The molecule has 0 amide bonds. The minimum Gasteiger partial charge on any atom is -0.489 e. The number of benzene rings is 2. The Balaban J connectivity index is 1.68. The second-order valence-electron chi connectivity index (χ2n) is 10.9. The van der Waals surface area contributed by atoms with Crippen LogP contribution in [-0.2, 0) is 0 Å². The number of nitrogen functional groups attached to an aromatic ring is 1. The van der Waals surface area contributed by atoms with Crippen molar-refractivity contribution in [3.05, 3.63) is 34.4 Å². The van der Waals surface area contributed by atoms with E-state index in [1.165, 1.54) is 11.0 Å². The zero-order valence-electron chi connectivity index (χ0n) is 23.3. The van der Waals surface area contributed by atoms with Crippen molar-refractivity contribution in [2.75, 3.05) is 44.4 Å². The summed E-state index contributed by atoms with van der Waals surface area (Å²) in [4.78, 5) is 12.4. The van der Waals surface area contributed by atoms with E-state index in [-0.39, 0.29) is 77.9 Å². The van der Waals surface area contributed by atoms with Gasteiger partial charge in [-0.05, 0) is 45.0 Å². The Bertz CT molecular complexity index is 1780. The number of hydrogen-bond donors (Lipinski definition) is 1. The van der Waals surface area contributed by atoms with Gasteiger partial charge in [0.15, 0.2) is 11.6 Å². The van der Waals surface area contributed by atoms with E-state index >= 15 is 4.39 Å². The van der Waals surface area contributed by atoms with Crippen LogP contribution in [0.2, 0.25) is 5.02 Å². The van der Waals surface area contributed by atoms with Crippen LogP contribution in [0.3, 0.4) is 0 Å². The smallest absolute Gasteiger partial charge is 0.319 e. The van der Waals surface area contributed by atoms with Gasteiger partial charge in [0.25, 0.3) is 6.43 Å². The van der Waals surface area contributed by atoms with Crippen LogP contribution in [-0.4, -0.2) is 67.2 Å². The number of rotatable bonds is 4. The van der Waals surface area contributed by atoms with Crippen molar-refractivity contribution in [3.63, 3.8) is 0 Å². The molecule has 2 bridgehead atoms. The number of aromatic nitrogens is 2. The van der Waals surface area contributed by atoms with Crippen LogP contribution in [0, 0.1) is 23.0 Å². The molecule has 2 aliphatic heterocycles. The molecule has 0 spiro atoms. The highest BCUT2D eigenvalue weighted by Gasteiger charge is 2.38. The molecule has 2 aromatic heterocycles. The molecule has 8 nitrogen and oxygen atoms in total. The Morgan fingerprint density at radius 2 is 2.00 bits per heavy atom. The highest BCUT2D eigenvalue weighted by molar-refractivity contribution is 7.23. The Hall–Kier alpha value is -3.60. The largest absolute Gasteiger partial charge is 0.489 e. The first-order valence-corrected chi connectivity index (χ1v) is 14.9. The van der Waals surface area contributed by atoms with Gasteiger partial charge < -0.3 is 25.0 Å². The zero-order valence-corrected chi connectivity index (χ0v) is 24.8. The summed E-state index contributed by atoms with van der Waals surface area (Å²) in [6.45, 7) is 0.301. The fourth-order valence-electron chi connectivity index (χ4n) is 5.85. The van der Waals surface area contributed by atoms with E-state index < -0.39 is 30.7 Å². The molecule has 1 unspecified atom stereocenters. The van der Waals surface area contributed by atoms with Gasteiger partial charge in [0.05, 0.1) is 20.7 Å². The van der Waals surface area contributed by atoms with E-state index in [2.05, 4.69) is 9.97 Å². The van der Waals surface area contributed by atoms with Crippen LogP contribution in [0.4, 0.5) is 28.4 Å². The van der Waals surface area contributed by atoms with Gasteiger partial charge >= 0.3 is 6.01 Å². The molecule has 0 fully saturated rings. The van der Waals surface area contributed by atoms with Gasteiger partial charge in [0.2, 0.25) is 0 Å². The van der Waals surface area contributed by atoms with Crippen molar-refractivity contribution in [1.82, 2.24) is 14.9 Å². The topological polar surface area (TPSA) is 101 Å². The lowest BCUT2D eigenvalue weighted by molar-refractivity contribution is 0.0864. The molecule has 2 aromatic carbocycles. The van der Waals surface area contributed by atoms with Crippen LogP contribution in [0.25, 0.3) is 32.1 Å². The summed E-state index contributed by atoms with van der Waals surface area (Å²) in [5.41, 5.74) is 5.60. The number of likely N-dealkylation sites (N-methyl/N-ethyl adjacent to an activating group) is 1. The molecule has 0 radical (unpaired) electrons. The van der Waals surface area contributed by atoms with Gasteiger partial charge in [-0.3, -0.25) is 0 Å². The number of nitrogens with zero attached hydrogens (tertiary/aromatic N) is 5. The van der Waals surface area contributed by atoms with Crippen LogP contribution in [0.5, 0.6) is 11.8 Å². The van der Waals surface area contributed by atoms with E-state index in [4.69, 9.17) is 26.8 Å². The van der Waals surface area contributed by atoms with Crippen molar-refractivity contribution in [3.8, 4) is 29.0 Å². The van der Waals surface area contributed by atoms with Crippen molar-refractivity contribution in [1.29, 1.82) is 5.26 Å². The third-order valence-corrected chi connectivity index (χ3v) is 9.16. The number of fused-ring (bicyclic) bond motifs is 2. The molecule has 6 rings (SSSR count). The summed E-state index contributed by atoms with van der Waals surface area (Å²) in [6.07, 6.45) is -0.343. The van der Waals surface area contributed by atoms with Gasteiger partial charge in [0.1, 0.15) is 47.0 Å². The van der Waals surface area contributed by atoms with Crippen LogP contribution in [0.1, 0.15) is 31.2 Å². The summed E-state index contributed by atoms with van der Waals surface area (Å²) in [5.74, 6) is -1.60. The van der Waals surface area contributed by atoms with Crippen molar-refractivity contribution >= 4 is 54.7 Å². The standard InChI is InChI=1S/C29H27ClF4N6O2S/c1-39(2)11-13-6-4-3-5-9-40-17(26(33)34)12-41-24-20-23(37-29(42-13)38-28(20)40)22(32)19(21(24)30)14-7-8-16(31)25-18(14)15(10-35)27(36)43-25/h7-8,13,17,26H,3-6,9,11-12,36H2,1-2H3/t13?,17-/m1/s1. The second-order valence-corrected chi connectivity index (χ2v) is 12.3. The van der Waals surface area contributed by atoms with Crippen molar-refractivity contribution in [2.24, 2.45) is 0 Å². The van der Waals surface area contributed by atoms with E-state index in [1.807, 2.05) is 25.1 Å². The van der Waals surface area contributed by atoms with Crippen LogP contribution < -0.4 is 20.1 Å². The van der Waals surface area contributed by atoms with Crippen LogP contribution in [0.15, 0.2) is 12.1 Å². The number of anilines is 2. The Labute approximate surface area is 253 Å². The number of halogens is 5. The average Bonchev–Trinajstić information content (AvgIpc) is 3.19. The quantitative estimate of drug-likeness (QED) is 0.250. The summed E-state index contributed by atoms with van der Waals surface area (Å²) in [5, 5.41) is 9.76. The maximum absolute atomic E-state index is 16.9. The first-order valence-electron chi connectivity index (χ1n) is 13.7. The predicted molar refractivity (Wildman–Crippen MR) is 158 cm³/mol. The van der Waals surface area contributed by atoms with Gasteiger partial charge in [-0.15, -0.1) is 11.3 Å². The van der Waals surface area contributed by atoms with E-state index in [0.29, 0.717) is 19.4 Å². The van der Waals surface area contributed by atoms with Crippen LogP contribution >= 0.6 is 22.9 Å². The predicted octanol–water partition coefficient (Wildman–Crippen LogP) is 6.61. The molecule has 2 aliphatic rings. The number of nitrogens with two attached hydrogens (primary N) is 1. The molecule has 43 heavy (non-hydrogen) atoms. The van der Waals surface area contributed by atoms with Gasteiger partial charge in [-0.1, -0.05) is 24.1 Å².